The van der Waals surface area contributed by atoms with E-state index in [0.29, 0.717) is 13.0 Å². The van der Waals surface area contributed by atoms with Crippen molar-refractivity contribution < 1.29 is 4.79 Å². The van der Waals surface area contributed by atoms with Crippen LogP contribution in [-0.4, -0.2) is 23.7 Å². The second-order valence-corrected chi connectivity index (χ2v) is 7.73. The van der Waals surface area contributed by atoms with Gasteiger partial charge in [0, 0.05) is 12.1 Å². The normalized spacial score (nSPS) is 16.7. The highest BCUT2D eigenvalue weighted by molar-refractivity contribution is 8.00. The highest BCUT2D eigenvalue weighted by atomic mass is 32.2. The predicted octanol–water partition coefficient (Wildman–Crippen LogP) is 3.48. The molecular formula is C15H19N3OS2. The van der Waals surface area contributed by atoms with E-state index in [9.17, 15) is 4.79 Å². The highest BCUT2D eigenvalue weighted by Gasteiger charge is 2.37. The Labute approximate surface area is 132 Å². The molecule has 1 aromatic carbocycles. The van der Waals surface area contributed by atoms with Gasteiger partial charge in [-0.05, 0) is 49.3 Å². The van der Waals surface area contributed by atoms with Crippen LogP contribution in [0.3, 0.4) is 0 Å². The zero-order chi connectivity index (χ0) is 14.9. The minimum absolute atomic E-state index is 0.0463. The van der Waals surface area contributed by atoms with Crippen LogP contribution in [0.25, 0.3) is 10.2 Å². The lowest BCUT2D eigenvalue weighted by molar-refractivity contribution is -0.119. The number of anilines is 1. The van der Waals surface area contributed by atoms with E-state index in [1.165, 1.54) is 6.42 Å². The van der Waals surface area contributed by atoms with Crippen molar-refractivity contribution in [2.45, 2.75) is 30.0 Å². The molecule has 0 aliphatic heterocycles. The van der Waals surface area contributed by atoms with Gasteiger partial charge in [0.15, 0.2) is 4.34 Å². The number of thioether (sulfide) groups is 1. The summed E-state index contributed by atoms with van der Waals surface area (Å²) in [6.07, 6.45) is 5.88. The Balaban J connectivity index is 1.70. The molecule has 1 saturated carbocycles. The van der Waals surface area contributed by atoms with Gasteiger partial charge in [-0.3, -0.25) is 4.79 Å². The van der Waals surface area contributed by atoms with Gasteiger partial charge in [-0.25, -0.2) is 4.98 Å². The second kappa shape index (κ2) is 5.94. The first-order valence-electron chi connectivity index (χ1n) is 7.09. The van der Waals surface area contributed by atoms with Gasteiger partial charge in [0.1, 0.15) is 0 Å². The molecule has 0 spiro atoms. The first-order chi connectivity index (χ1) is 10.1. The fourth-order valence-electron chi connectivity index (χ4n) is 2.74. The number of hydrogen-bond acceptors (Lipinski definition) is 5. The van der Waals surface area contributed by atoms with E-state index in [0.717, 1.165) is 33.1 Å². The fourth-order valence-corrected chi connectivity index (χ4v) is 4.27. The summed E-state index contributed by atoms with van der Waals surface area (Å²) in [6.45, 7) is 0.603. The van der Waals surface area contributed by atoms with E-state index in [1.807, 2.05) is 24.5 Å². The molecule has 6 heteroatoms. The topological polar surface area (TPSA) is 68.0 Å². The number of amides is 1. The Morgan fingerprint density at radius 1 is 1.52 bits per heavy atom. The minimum Gasteiger partial charge on any atom is -0.330 e. The number of nitrogens with one attached hydrogen (secondary N) is 1. The van der Waals surface area contributed by atoms with Gasteiger partial charge >= 0.3 is 0 Å². The first-order valence-corrected chi connectivity index (χ1v) is 9.13. The van der Waals surface area contributed by atoms with Crippen molar-refractivity contribution in [2.75, 3.05) is 18.1 Å². The molecule has 2 aromatic rings. The minimum atomic E-state index is 0.0463. The molecule has 0 saturated heterocycles. The second-order valence-electron chi connectivity index (χ2n) is 5.65. The monoisotopic (exact) mass is 321 g/mol. The van der Waals surface area contributed by atoms with E-state index in [4.69, 9.17) is 5.73 Å². The molecule has 0 unspecified atom stereocenters. The molecule has 4 nitrogen and oxygen atoms in total. The van der Waals surface area contributed by atoms with Crippen molar-refractivity contribution in [1.82, 2.24) is 4.98 Å². The van der Waals surface area contributed by atoms with Crippen molar-refractivity contribution in [3.8, 4) is 0 Å². The van der Waals surface area contributed by atoms with Crippen LogP contribution in [-0.2, 0) is 4.79 Å². The summed E-state index contributed by atoms with van der Waals surface area (Å²) in [5, 5.41) is 3.00. The van der Waals surface area contributed by atoms with Gasteiger partial charge in [0.2, 0.25) is 5.91 Å². The van der Waals surface area contributed by atoms with Crippen LogP contribution in [0.1, 0.15) is 25.7 Å². The van der Waals surface area contributed by atoms with Crippen molar-refractivity contribution in [1.29, 1.82) is 0 Å². The number of hydrogen-bond donors (Lipinski definition) is 2. The van der Waals surface area contributed by atoms with Gasteiger partial charge < -0.3 is 11.1 Å². The molecule has 112 valence electrons. The maximum Gasteiger partial charge on any atom is 0.224 e. The Hall–Kier alpha value is -1.11. The third kappa shape index (κ3) is 3.07. The number of aromatic nitrogens is 1. The smallest absolute Gasteiger partial charge is 0.224 e. The molecule has 21 heavy (non-hydrogen) atoms. The summed E-state index contributed by atoms with van der Waals surface area (Å²) in [4.78, 5) is 16.7. The van der Waals surface area contributed by atoms with E-state index in [1.54, 1.807) is 23.1 Å². The zero-order valence-corrected chi connectivity index (χ0v) is 13.6. The molecule has 1 aromatic heterocycles. The molecule has 1 aliphatic carbocycles. The Kier molecular flexibility index (Phi) is 4.19. The van der Waals surface area contributed by atoms with E-state index in [2.05, 4.69) is 10.3 Å². The number of carbonyl (C=O) groups excluding carboxylic acids is 1. The number of nitrogens with zero attached hydrogens (tertiary/aromatic N) is 1. The number of thiazole rings is 1. The summed E-state index contributed by atoms with van der Waals surface area (Å²) in [5.41, 5.74) is 7.69. The van der Waals surface area contributed by atoms with Crippen LogP contribution >= 0.6 is 23.1 Å². The summed E-state index contributed by atoms with van der Waals surface area (Å²) < 4.78 is 2.15. The molecular weight excluding hydrogens is 302 g/mol. The van der Waals surface area contributed by atoms with E-state index in [-0.39, 0.29) is 11.3 Å². The maximum atomic E-state index is 12.2. The number of carbonyl (C=O) groups is 1. The molecule has 3 rings (SSSR count). The van der Waals surface area contributed by atoms with Crippen LogP contribution < -0.4 is 11.1 Å². The highest BCUT2D eigenvalue weighted by Crippen LogP contribution is 2.43. The quantitative estimate of drug-likeness (QED) is 0.827. The predicted molar refractivity (Wildman–Crippen MR) is 90.0 cm³/mol. The van der Waals surface area contributed by atoms with Crippen LogP contribution in [0.2, 0.25) is 0 Å². The Bertz CT molecular complexity index is 658. The van der Waals surface area contributed by atoms with Gasteiger partial charge in [-0.2, -0.15) is 0 Å². The number of rotatable bonds is 5. The van der Waals surface area contributed by atoms with E-state index >= 15 is 0 Å². The van der Waals surface area contributed by atoms with Crippen molar-refractivity contribution in [3.05, 3.63) is 18.2 Å². The molecule has 1 amide bonds. The van der Waals surface area contributed by atoms with Crippen molar-refractivity contribution in [3.63, 3.8) is 0 Å². The van der Waals surface area contributed by atoms with Gasteiger partial charge in [0.25, 0.3) is 0 Å². The zero-order valence-electron chi connectivity index (χ0n) is 12.0. The molecule has 1 fully saturated rings. The van der Waals surface area contributed by atoms with Gasteiger partial charge in [-0.1, -0.05) is 18.2 Å². The summed E-state index contributed by atoms with van der Waals surface area (Å²) in [5.74, 6) is 0.0640. The molecule has 1 aliphatic rings. The number of benzene rings is 1. The molecule has 0 bridgehead atoms. The fraction of sp³-hybridized carbons (Fsp3) is 0.467. The molecule has 0 atom stereocenters. The average Bonchev–Trinajstić information content (AvgIpc) is 2.85. The lowest BCUT2D eigenvalue weighted by Crippen LogP contribution is -2.40. The number of nitrogens with two attached hydrogens (primary N) is 1. The van der Waals surface area contributed by atoms with E-state index < -0.39 is 0 Å². The third-order valence-electron chi connectivity index (χ3n) is 4.21. The van der Waals surface area contributed by atoms with Crippen LogP contribution in [0.5, 0.6) is 0 Å². The van der Waals surface area contributed by atoms with Crippen LogP contribution in [0.4, 0.5) is 5.69 Å². The SMILES string of the molecule is CSc1nc2ccc(NC(=O)CC3(CN)CCC3)cc2s1. The summed E-state index contributed by atoms with van der Waals surface area (Å²) >= 11 is 3.29. The van der Waals surface area contributed by atoms with Gasteiger partial charge in [-0.15, -0.1) is 11.3 Å². The molecule has 1 heterocycles. The van der Waals surface area contributed by atoms with Crippen LogP contribution in [0.15, 0.2) is 22.5 Å². The Morgan fingerprint density at radius 3 is 2.95 bits per heavy atom. The standard InChI is InChI=1S/C15H19N3OS2/c1-20-14-18-11-4-3-10(7-12(11)21-14)17-13(19)8-15(9-16)5-2-6-15/h3-4,7H,2,5-6,8-9,16H2,1H3,(H,17,19). The molecule has 0 radical (unpaired) electrons. The number of fused-ring (bicyclic) bond motifs is 1. The van der Waals surface area contributed by atoms with Gasteiger partial charge in [0.05, 0.1) is 10.2 Å². The average molecular weight is 321 g/mol. The molecule has 3 N–H and O–H groups in total. The Morgan fingerprint density at radius 2 is 2.33 bits per heavy atom. The van der Waals surface area contributed by atoms with Crippen LogP contribution in [0, 0.1) is 5.41 Å². The van der Waals surface area contributed by atoms with Crippen molar-refractivity contribution >= 4 is 44.9 Å². The summed E-state index contributed by atoms with van der Waals surface area (Å²) in [6, 6.07) is 5.88. The lowest BCUT2D eigenvalue weighted by atomic mass is 9.66. The van der Waals surface area contributed by atoms with Crippen molar-refractivity contribution in [2.24, 2.45) is 11.1 Å². The first kappa shape index (κ1) is 14.8. The summed E-state index contributed by atoms with van der Waals surface area (Å²) in [7, 11) is 0. The third-order valence-corrected chi connectivity index (χ3v) is 6.21. The lowest BCUT2D eigenvalue weighted by Gasteiger charge is -2.40. The maximum absolute atomic E-state index is 12.2. The largest absolute Gasteiger partial charge is 0.330 e.